The predicted molar refractivity (Wildman–Crippen MR) is 77.8 cm³/mol. The van der Waals surface area contributed by atoms with Crippen LogP contribution in [0.4, 0.5) is 5.95 Å². The minimum atomic E-state index is -0.000695. The lowest BCUT2D eigenvalue weighted by Crippen LogP contribution is -2.48. The first-order valence-electron chi connectivity index (χ1n) is 6.09. The average molecular weight is 346 g/mol. The standard InChI is InChI=1S/C12H19IN4/c1-9-2-4-12(8-14,5-3-9)17-11-15-6-10(13)7-16-11/h6-7,9H,2-5,8,14H2,1H3,(H,15,16,17). The summed E-state index contributed by atoms with van der Waals surface area (Å²) < 4.78 is 1.05. The largest absolute Gasteiger partial charge is 0.348 e. The Kier molecular flexibility index (Phi) is 4.19. The summed E-state index contributed by atoms with van der Waals surface area (Å²) in [6, 6.07) is 0. The number of rotatable bonds is 3. The Balaban J connectivity index is 2.06. The highest BCUT2D eigenvalue weighted by molar-refractivity contribution is 14.1. The molecule has 0 saturated heterocycles. The second-order valence-electron chi connectivity index (χ2n) is 5.02. The van der Waals surface area contributed by atoms with E-state index in [4.69, 9.17) is 5.73 Å². The van der Waals surface area contributed by atoms with Gasteiger partial charge in [0.25, 0.3) is 0 Å². The van der Waals surface area contributed by atoms with Crippen LogP contribution < -0.4 is 11.1 Å². The van der Waals surface area contributed by atoms with Gasteiger partial charge >= 0.3 is 0 Å². The van der Waals surface area contributed by atoms with Crippen molar-refractivity contribution in [1.29, 1.82) is 0 Å². The Labute approximate surface area is 116 Å². The summed E-state index contributed by atoms with van der Waals surface area (Å²) in [6.45, 7) is 2.96. The van der Waals surface area contributed by atoms with Gasteiger partial charge in [0.1, 0.15) is 0 Å². The van der Waals surface area contributed by atoms with Crippen LogP contribution in [0, 0.1) is 9.49 Å². The molecule has 0 aromatic carbocycles. The second-order valence-corrected chi connectivity index (χ2v) is 6.26. The minimum absolute atomic E-state index is 0.000695. The van der Waals surface area contributed by atoms with E-state index in [1.54, 1.807) is 0 Å². The monoisotopic (exact) mass is 346 g/mol. The smallest absolute Gasteiger partial charge is 0.223 e. The number of halogens is 1. The van der Waals surface area contributed by atoms with Gasteiger partial charge in [-0.2, -0.15) is 0 Å². The Morgan fingerprint density at radius 2 is 2.00 bits per heavy atom. The summed E-state index contributed by atoms with van der Waals surface area (Å²) >= 11 is 2.21. The molecule has 1 aliphatic carbocycles. The van der Waals surface area contributed by atoms with Crippen molar-refractivity contribution < 1.29 is 0 Å². The van der Waals surface area contributed by atoms with Gasteiger partial charge in [-0.05, 0) is 54.2 Å². The molecule has 1 heterocycles. The number of aromatic nitrogens is 2. The maximum Gasteiger partial charge on any atom is 0.223 e. The van der Waals surface area contributed by atoms with Crippen LogP contribution in [-0.2, 0) is 0 Å². The third-order valence-electron chi connectivity index (χ3n) is 3.62. The van der Waals surface area contributed by atoms with Crippen LogP contribution in [0.3, 0.4) is 0 Å². The van der Waals surface area contributed by atoms with Crippen molar-refractivity contribution in [3.8, 4) is 0 Å². The van der Waals surface area contributed by atoms with Gasteiger partial charge in [0.2, 0.25) is 5.95 Å². The Hall–Kier alpha value is -0.430. The van der Waals surface area contributed by atoms with E-state index in [0.29, 0.717) is 12.5 Å². The molecule has 0 amide bonds. The molecule has 1 saturated carbocycles. The van der Waals surface area contributed by atoms with Crippen molar-refractivity contribution in [2.75, 3.05) is 11.9 Å². The van der Waals surface area contributed by atoms with Crippen LogP contribution in [0.5, 0.6) is 0 Å². The first-order valence-corrected chi connectivity index (χ1v) is 7.17. The van der Waals surface area contributed by atoms with E-state index in [0.717, 1.165) is 22.3 Å². The van der Waals surface area contributed by atoms with Gasteiger partial charge in [0.05, 0.1) is 5.54 Å². The lowest BCUT2D eigenvalue weighted by molar-refractivity contribution is 0.270. The number of nitrogens with zero attached hydrogens (tertiary/aromatic N) is 2. The molecule has 17 heavy (non-hydrogen) atoms. The predicted octanol–water partition coefficient (Wildman–Crippen LogP) is 2.40. The van der Waals surface area contributed by atoms with Crippen LogP contribution in [-0.4, -0.2) is 22.1 Å². The van der Waals surface area contributed by atoms with Crippen molar-refractivity contribution in [3.05, 3.63) is 16.0 Å². The topological polar surface area (TPSA) is 63.8 Å². The van der Waals surface area contributed by atoms with Gasteiger partial charge in [-0.15, -0.1) is 0 Å². The zero-order chi connectivity index (χ0) is 12.3. The van der Waals surface area contributed by atoms with E-state index in [9.17, 15) is 0 Å². The highest BCUT2D eigenvalue weighted by atomic mass is 127. The molecule has 0 radical (unpaired) electrons. The molecule has 5 heteroatoms. The van der Waals surface area contributed by atoms with E-state index < -0.39 is 0 Å². The molecule has 0 aliphatic heterocycles. The average Bonchev–Trinajstić information content (AvgIpc) is 2.35. The summed E-state index contributed by atoms with van der Waals surface area (Å²) in [7, 11) is 0. The summed E-state index contributed by atoms with van der Waals surface area (Å²) in [5.74, 6) is 1.51. The Morgan fingerprint density at radius 1 is 1.41 bits per heavy atom. The van der Waals surface area contributed by atoms with Gasteiger partial charge < -0.3 is 11.1 Å². The quantitative estimate of drug-likeness (QED) is 0.825. The lowest BCUT2D eigenvalue weighted by atomic mass is 9.77. The zero-order valence-electron chi connectivity index (χ0n) is 10.1. The fourth-order valence-electron chi connectivity index (χ4n) is 2.31. The molecular formula is C12H19IN4. The highest BCUT2D eigenvalue weighted by Gasteiger charge is 2.33. The maximum atomic E-state index is 5.94. The molecule has 0 bridgehead atoms. The first-order chi connectivity index (χ1) is 8.13. The molecular weight excluding hydrogens is 327 g/mol. The fourth-order valence-corrected chi connectivity index (χ4v) is 2.59. The van der Waals surface area contributed by atoms with Gasteiger partial charge in [-0.1, -0.05) is 6.92 Å². The molecule has 1 aromatic rings. The van der Waals surface area contributed by atoms with Gasteiger partial charge in [0, 0.05) is 22.5 Å². The minimum Gasteiger partial charge on any atom is -0.348 e. The van der Waals surface area contributed by atoms with Crippen molar-refractivity contribution in [2.24, 2.45) is 11.7 Å². The Morgan fingerprint density at radius 3 is 2.53 bits per heavy atom. The van der Waals surface area contributed by atoms with Crippen molar-refractivity contribution in [3.63, 3.8) is 0 Å². The van der Waals surface area contributed by atoms with Gasteiger partial charge in [-0.25, -0.2) is 9.97 Å². The van der Waals surface area contributed by atoms with Crippen molar-refractivity contribution >= 4 is 28.5 Å². The number of nitrogens with one attached hydrogen (secondary N) is 1. The van der Waals surface area contributed by atoms with Gasteiger partial charge in [0.15, 0.2) is 0 Å². The first kappa shape index (κ1) is 13.0. The van der Waals surface area contributed by atoms with Crippen molar-refractivity contribution in [2.45, 2.75) is 38.1 Å². The maximum absolute atomic E-state index is 5.94. The Bertz CT molecular complexity index is 357. The fraction of sp³-hybridized carbons (Fsp3) is 0.667. The number of nitrogens with two attached hydrogens (primary N) is 1. The van der Waals surface area contributed by atoms with E-state index in [2.05, 4.69) is 44.8 Å². The SMILES string of the molecule is CC1CCC(CN)(Nc2ncc(I)cn2)CC1. The molecule has 2 rings (SSSR count). The zero-order valence-corrected chi connectivity index (χ0v) is 12.3. The second kappa shape index (κ2) is 5.48. The van der Waals surface area contributed by atoms with E-state index >= 15 is 0 Å². The van der Waals surface area contributed by atoms with Gasteiger partial charge in [-0.3, -0.25) is 0 Å². The summed E-state index contributed by atoms with van der Waals surface area (Å²) in [4.78, 5) is 8.60. The van der Waals surface area contributed by atoms with E-state index in [1.807, 2.05) is 12.4 Å². The molecule has 0 atom stereocenters. The van der Waals surface area contributed by atoms with Crippen LogP contribution in [0.25, 0.3) is 0 Å². The number of hydrogen-bond acceptors (Lipinski definition) is 4. The molecule has 1 fully saturated rings. The van der Waals surface area contributed by atoms with E-state index in [-0.39, 0.29) is 5.54 Å². The third kappa shape index (κ3) is 3.28. The van der Waals surface area contributed by atoms with Crippen LogP contribution >= 0.6 is 22.6 Å². The molecule has 1 aliphatic rings. The summed E-state index contributed by atoms with van der Waals surface area (Å²) in [5.41, 5.74) is 5.94. The molecule has 94 valence electrons. The highest BCUT2D eigenvalue weighted by Crippen LogP contribution is 2.33. The third-order valence-corrected chi connectivity index (χ3v) is 4.18. The summed E-state index contributed by atoms with van der Waals surface area (Å²) in [6.07, 6.45) is 8.33. The molecule has 0 spiro atoms. The van der Waals surface area contributed by atoms with Crippen LogP contribution in [0.15, 0.2) is 12.4 Å². The van der Waals surface area contributed by atoms with Crippen LogP contribution in [0.1, 0.15) is 32.6 Å². The molecule has 4 nitrogen and oxygen atoms in total. The molecule has 1 aromatic heterocycles. The lowest BCUT2D eigenvalue weighted by Gasteiger charge is -2.39. The van der Waals surface area contributed by atoms with E-state index in [1.165, 1.54) is 12.8 Å². The normalized spacial score (nSPS) is 29.0. The number of hydrogen-bond donors (Lipinski definition) is 2. The van der Waals surface area contributed by atoms with Crippen LogP contribution in [0.2, 0.25) is 0 Å². The molecule has 3 N–H and O–H groups in total. The van der Waals surface area contributed by atoms with Crippen molar-refractivity contribution in [1.82, 2.24) is 9.97 Å². The summed E-state index contributed by atoms with van der Waals surface area (Å²) in [5, 5.41) is 3.44. The molecule has 0 unspecified atom stereocenters. The number of anilines is 1.